The Bertz CT molecular complexity index is 350. The van der Waals surface area contributed by atoms with Crippen molar-refractivity contribution in [2.24, 2.45) is 0 Å². The number of hydrogen-bond donors (Lipinski definition) is 1. The summed E-state index contributed by atoms with van der Waals surface area (Å²) in [5.74, 6) is 0.940. The zero-order valence-electron chi connectivity index (χ0n) is 11.3. The highest BCUT2D eigenvalue weighted by molar-refractivity contribution is 5.28. The van der Waals surface area contributed by atoms with Gasteiger partial charge in [0, 0.05) is 19.2 Å². The molecule has 1 N–H and O–H groups in total. The van der Waals surface area contributed by atoms with Crippen LogP contribution in [0, 0.1) is 0 Å². The van der Waals surface area contributed by atoms with Crippen molar-refractivity contribution in [1.29, 1.82) is 0 Å². The number of nitrogens with one attached hydrogen (secondary N) is 1. The molecule has 2 rings (SSSR count). The zero-order valence-corrected chi connectivity index (χ0v) is 11.3. The largest absolute Gasteiger partial charge is 0.494 e. The molecule has 0 saturated carbocycles. The van der Waals surface area contributed by atoms with Gasteiger partial charge in [-0.3, -0.25) is 0 Å². The standard InChI is InChI=1S/C15H23NO2/c1-3-9-17-14-6-4-13(5-7-14)15-11-16-12(2)8-10-18-15/h4-7,12,15-16H,3,8-11H2,1-2H3. The van der Waals surface area contributed by atoms with Gasteiger partial charge in [0.1, 0.15) is 5.75 Å². The van der Waals surface area contributed by atoms with E-state index in [0.717, 1.165) is 38.3 Å². The Kier molecular flexibility index (Phi) is 5.02. The highest BCUT2D eigenvalue weighted by Crippen LogP contribution is 2.22. The van der Waals surface area contributed by atoms with Crippen LogP contribution in [0.5, 0.6) is 5.75 Å². The van der Waals surface area contributed by atoms with E-state index in [0.29, 0.717) is 6.04 Å². The van der Waals surface area contributed by atoms with Crippen LogP contribution in [0.1, 0.15) is 38.4 Å². The lowest BCUT2D eigenvalue weighted by Gasteiger charge is -2.16. The summed E-state index contributed by atoms with van der Waals surface area (Å²) in [6, 6.07) is 8.81. The van der Waals surface area contributed by atoms with Gasteiger partial charge in [-0.25, -0.2) is 0 Å². The third kappa shape index (κ3) is 3.72. The molecule has 1 saturated heterocycles. The molecule has 1 aromatic rings. The number of benzene rings is 1. The molecule has 0 aromatic heterocycles. The quantitative estimate of drug-likeness (QED) is 0.890. The maximum Gasteiger partial charge on any atom is 0.119 e. The van der Waals surface area contributed by atoms with Gasteiger partial charge >= 0.3 is 0 Å². The molecular formula is C15H23NO2. The molecular weight excluding hydrogens is 226 g/mol. The van der Waals surface area contributed by atoms with E-state index in [2.05, 4.69) is 31.3 Å². The van der Waals surface area contributed by atoms with Crippen LogP contribution in [0.4, 0.5) is 0 Å². The molecule has 3 heteroatoms. The molecule has 1 aliphatic rings. The van der Waals surface area contributed by atoms with Crippen molar-refractivity contribution in [2.45, 2.75) is 38.8 Å². The van der Waals surface area contributed by atoms with E-state index in [1.807, 2.05) is 12.1 Å². The summed E-state index contributed by atoms with van der Waals surface area (Å²) in [5.41, 5.74) is 1.22. The second kappa shape index (κ2) is 6.76. The average Bonchev–Trinajstić information content (AvgIpc) is 2.62. The third-order valence-corrected chi connectivity index (χ3v) is 3.25. The Hall–Kier alpha value is -1.06. The van der Waals surface area contributed by atoms with Crippen molar-refractivity contribution >= 4 is 0 Å². The van der Waals surface area contributed by atoms with E-state index in [1.54, 1.807) is 0 Å². The van der Waals surface area contributed by atoms with Crippen LogP contribution in [0.3, 0.4) is 0 Å². The lowest BCUT2D eigenvalue weighted by molar-refractivity contribution is 0.0664. The SMILES string of the molecule is CCCOc1ccc(C2CNC(C)CCO2)cc1. The molecule has 0 bridgehead atoms. The second-order valence-corrected chi connectivity index (χ2v) is 4.87. The molecule has 1 heterocycles. The summed E-state index contributed by atoms with van der Waals surface area (Å²) < 4.78 is 11.5. The van der Waals surface area contributed by atoms with Crippen LogP contribution in [0.2, 0.25) is 0 Å². The van der Waals surface area contributed by atoms with Crippen molar-refractivity contribution in [3.05, 3.63) is 29.8 Å². The van der Waals surface area contributed by atoms with Gasteiger partial charge in [0.25, 0.3) is 0 Å². The molecule has 1 aliphatic heterocycles. The van der Waals surface area contributed by atoms with Crippen molar-refractivity contribution in [1.82, 2.24) is 5.32 Å². The summed E-state index contributed by atoms with van der Waals surface area (Å²) >= 11 is 0. The van der Waals surface area contributed by atoms with E-state index in [4.69, 9.17) is 9.47 Å². The molecule has 2 unspecified atom stereocenters. The van der Waals surface area contributed by atoms with Gasteiger partial charge in [0.2, 0.25) is 0 Å². The Morgan fingerprint density at radius 3 is 2.83 bits per heavy atom. The summed E-state index contributed by atoms with van der Waals surface area (Å²) in [6.07, 6.45) is 2.28. The van der Waals surface area contributed by atoms with Gasteiger partial charge in [-0.1, -0.05) is 19.1 Å². The zero-order chi connectivity index (χ0) is 12.8. The van der Waals surface area contributed by atoms with Gasteiger partial charge in [-0.2, -0.15) is 0 Å². The molecule has 0 radical (unpaired) electrons. The molecule has 1 aromatic carbocycles. The van der Waals surface area contributed by atoms with Gasteiger partial charge < -0.3 is 14.8 Å². The highest BCUT2D eigenvalue weighted by Gasteiger charge is 2.17. The predicted molar refractivity (Wildman–Crippen MR) is 73.0 cm³/mol. The minimum Gasteiger partial charge on any atom is -0.494 e. The monoisotopic (exact) mass is 249 g/mol. The first-order valence-corrected chi connectivity index (χ1v) is 6.87. The van der Waals surface area contributed by atoms with Gasteiger partial charge in [0.15, 0.2) is 0 Å². The van der Waals surface area contributed by atoms with E-state index < -0.39 is 0 Å². The summed E-state index contributed by atoms with van der Waals surface area (Å²) in [5, 5.41) is 3.49. The van der Waals surface area contributed by atoms with Gasteiger partial charge in [-0.05, 0) is 37.5 Å². The predicted octanol–water partition coefficient (Wildman–Crippen LogP) is 2.91. The molecule has 18 heavy (non-hydrogen) atoms. The molecule has 0 aliphatic carbocycles. The Morgan fingerprint density at radius 1 is 1.33 bits per heavy atom. The van der Waals surface area contributed by atoms with Crippen LogP contribution in [0.15, 0.2) is 24.3 Å². The maximum atomic E-state index is 5.88. The maximum absolute atomic E-state index is 5.88. The summed E-state index contributed by atoms with van der Waals surface area (Å²) in [7, 11) is 0. The minimum atomic E-state index is 0.162. The minimum absolute atomic E-state index is 0.162. The second-order valence-electron chi connectivity index (χ2n) is 4.87. The van der Waals surface area contributed by atoms with Crippen molar-refractivity contribution in [3.63, 3.8) is 0 Å². The first-order valence-electron chi connectivity index (χ1n) is 6.87. The summed E-state index contributed by atoms with van der Waals surface area (Å²) in [6.45, 7) is 6.80. The molecule has 100 valence electrons. The van der Waals surface area contributed by atoms with E-state index >= 15 is 0 Å². The Balaban J connectivity index is 1.95. The first kappa shape index (κ1) is 13.4. The Labute approximate surface area is 109 Å². The fraction of sp³-hybridized carbons (Fsp3) is 0.600. The normalized spacial score (nSPS) is 24.6. The third-order valence-electron chi connectivity index (χ3n) is 3.25. The first-order chi connectivity index (χ1) is 8.79. The van der Waals surface area contributed by atoms with E-state index in [9.17, 15) is 0 Å². The highest BCUT2D eigenvalue weighted by atomic mass is 16.5. The van der Waals surface area contributed by atoms with Crippen molar-refractivity contribution in [2.75, 3.05) is 19.8 Å². The van der Waals surface area contributed by atoms with Crippen LogP contribution >= 0.6 is 0 Å². The molecule has 3 nitrogen and oxygen atoms in total. The van der Waals surface area contributed by atoms with Crippen LogP contribution < -0.4 is 10.1 Å². The Morgan fingerprint density at radius 2 is 2.11 bits per heavy atom. The molecule has 2 atom stereocenters. The molecule has 1 fully saturated rings. The van der Waals surface area contributed by atoms with Crippen LogP contribution in [-0.4, -0.2) is 25.8 Å². The molecule has 0 spiro atoms. The van der Waals surface area contributed by atoms with E-state index in [1.165, 1.54) is 5.56 Å². The lowest BCUT2D eigenvalue weighted by atomic mass is 10.1. The van der Waals surface area contributed by atoms with E-state index in [-0.39, 0.29) is 6.10 Å². The lowest BCUT2D eigenvalue weighted by Crippen LogP contribution is -2.27. The topological polar surface area (TPSA) is 30.5 Å². The number of hydrogen-bond acceptors (Lipinski definition) is 3. The molecule has 0 amide bonds. The number of rotatable bonds is 4. The van der Waals surface area contributed by atoms with Gasteiger partial charge in [-0.15, -0.1) is 0 Å². The van der Waals surface area contributed by atoms with Crippen molar-refractivity contribution < 1.29 is 9.47 Å². The fourth-order valence-corrected chi connectivity index (χ4v) is 2.07. The van der Waals surface area contributed by atoms with Gasteiger partial charge in [0.05, 0.1) is 12.7 Å². The average molecular weight is 249 g/mol. The smallest absolute Gasteiger partial charge is 0.119 e. The van der Waals surface area contributed by atoms with Crippen molar-refractivity contribution in [3.8, 4) is 5.75 Å². The van der Waals surface area contributed by atoms with Crippen LogP contribution in [-0.2, 0) is 4.74 Å². The van der Waals surface area contributed by atoms with Crippen LogP contribution in [0.25, 0.3) is 0 Å². The summed E-state index contributed by atoms with van der Waals surface area (Å²) in [4.78, 5) is 0. The number of ether oxygens (including phenoxy) is 2. The fourth-order valence-electron chi connectivity index (χ4n) is 2.07.